The van der Waals surface area contributed by atoms with Crippen LogP contribution in [0.2, 0.25) is 0 Å². The summed E-state index contributed by atoms with van der Waals surface area (Å²) in [5.74, 6) is 2.81. The highest BCUT2D eigenvalue weighted by Gasteiger charge is 2.26. The monoisotopic (exact) mass is 657 g/mol. The van der Waals surface area contributed by atoms with E-state index in [2.05, 4.69) is 48.7 Å². The molecule has 15 heteroatoms. The lowest BCUT2D eigenvalue weighted by Crippen LogP contribution is -2.44. The van der Waals surface area contributed by atoms with Gasteiger partial charge in [-0.3, -0.25) is 9.72 Å². The Morgan fingerprint density at radius 3 is 2.38 bits per heavy atom. The Balaban J connectivity index is 1.02. The van der Waals surface area contributed by atoms with Crippen molar-refractivity contribution in [3.8, 4) is 11.6 Å². The molecule has 0 atom stereocenters. The molecule has 0 spiro atoms. The van der Waals surface area contributed by atoms with Crippen LogP contribution in [0.4, 0.5) is 23.4 Å². The molecule has 48 heavy (non-hydrogen) atoms. The maximum Gasteiger partial charge on any atom is 0.398 e. The number of rotatable bonds is 10. The summed E-state index contributed by atoms with van der Waals surface area (Å²) in [6, 6.07) is 4.19. The lowest BCUT2D eigenvalue weighted by atomic mass is 9.93. The van der Waals surface area contributed by atoms with Gasteiger partial charge < -0.3 is 39.4 Å². The smallest absolute Gasteiger partial charge is 0.398 e. The first-order valence-electron chi connectivity index (χ1n) is 16.6. The molecule has 254 valence electrons. The van der Waals surface area contributed by atoms with Crippen molar-refractivity contribution in [2.24, 2.45) is 7.05 Å². The Labute approximate surface area is 279 Å². The lowest BCUT2D eigenvalue weighted by molar-refractivity contribution is -0.362. The van der Waals surface area contributed by atoms with Gasteiger partial charge in [0.15, 0.2) is 5.69 Å². The van der Waals surface area contributed by atoms with Gasteiger partial charge in [0.2, 0.25) is 11.8 Å². The molecule has 0 unspecified atom stereocenters. The van der Waals surface area contributed by atoms with Gasteiger partial charge in [-0.05, 0) is 38.8 Å². The molecule has 1 saturated carbocycles. The number of nitrogens with one attached hydrogen (secondary N) is 1. The largest absolute Gasteiger partial charge is 0.741 e. The molecule has 3 fully saturated rings. The fourth-order valence-corrected chi connectivity index (χ4v) is 6.43. The maximum absolute atomic E-state index is 11.6. The minimum absolute atomic E-state index is 0.00865. The number of morpholine rings is 1. The van der Waals surface area contributed by atoms with Gasteiger partial charge in [-0.1, -0.05) is 4.98 Å². The van der Waals surface area contributed by atoms with Crippen LogP contribution in [0.15, 0.2) is 36.9 Å². The molecule has 3 aliphatic rings. The Morgan fingerprint density at radius 2 is 1.67 bits per heavy atom. The van der Waals surface area contributed by atoms with Crippen molar-refractivity contribution in [1.29, 1.82) is 0 Å². The van der Waals surface area contributed by atoms with E-state index in [1.165, 1.54) is 0 Å². The number of ether oxygens (including phenoxy) is 3. The molecular weight excluding hydrogens is 614 g/mol. The van der Waals surface area contributed by atoms with E-state index < -0.39 is 0 Å². The summed E-state index contributed by atoms with van der Waals surface area (Å²) in [6.07, 6.45) is 10.8. The molecule has 2 aliphatic heterocycles. The van der Waals surface area contributed by atoms with Gasteiger partial charge in [0.1, 0.15) is 30.5 Å². The highest BCUT2D eigenvalue weighted by atomic mass is 16.5. The first-order valence-corrected chi connectivity index (χ1v) is 16.6. The van der Waals surface area contributed by atoms with E-state index in [4.69, 9.17) is 24.2 Å². The zero-order chi connectivity index (χ0) is 33.0. The molecule has 2 saturated heterocycles. The quantitative estimate of drug-likeness (QED) is 0.116. The molecule has 1 N–H and O–H groups in total. The predicted molar refractivity (Wildman–Crippen MR) is 183 cm³/mol. The molecule has 0 amide bonds. The van der Waals surface area contributed by atoms with Gasteiger partial charge >= 0.3 is 5.95 Å². The Bertz CT molecular complexity index is 1710. The summed E-state index contributed by atoms with van der Waals surface area (Å²) in [7, 11) is 3.91. The number of anilines is 3. The van der Waals surface area contributed by atoms with E-state index in [1.54, 1.807) is 24.0 Å². The number of nitrogens with zero attached hydrogens (tertiary/aromatic N) is 10. The van der Waals surface area contributed by atoms with Crippen LogP contribution in [-0.4, -0.2) is 118 Å². The topological polar surface area (TPSA) is 145 Å². The second-order valence-corrected chi connectivity index (χ2v) is 12.7. The number of imidazole rings is 1. The fourth-order valence-electron chi connectivity index (χ4n) is 6.43. The number of hydrogen-bond donors (Lipinski definition) is 1. The second kappa shape index (κ2) is 14.2. The van der Waals surface area contributed by atoms with Crippen molar-refractivity contribution in [1.82, 2.24) is 34.4 Å². The Hall–Kier alpha value is -4.76. The van der Waals surface area contributed by atoms with Crippen LogP contribution in [-0.2, 0) is 18.4 Å². The van der Waals surface area contributed by atoms with E-state index in [-0.39, 0.29) is 24.7 Å². The van der Waals surface area contributed by atoms with E-state index in [0.717, 1.165) is 93.1 Å². The zero-order valence-electron chi connectivity index (χ0n) is 27.6. The number of fused-ring (bicyclic) bond motifs is 1. The van der Waals surface area contributed by atoms with Crippen molar-refractivity contribution >= 4 is 41.0 Å². The van der Waals surface area contributed by atoms with E-state index in [1.807, 2.05) is 24.5 Å². The van der Waals surface area contributed by atoms with Crippen LogP contribution in [0.5, 0.6) is 11.6 Å². The SMILES string of the molecule is C=[N+]([O-])c1ncc(COc2cnc3cc(N4CCOCC4)nc(O[C@H]4CC[C@@H](Nc5ncc(N6CCN(C)CC6)cn5)CC4)c3c2)n1C. The van der Waals surface area contributed by atoms with Crippen LogP contribution < -0.4 is 24.6 Å². The van der Waals surface area contributed by atoms with Crippen LogP contribution >= 0.6 is 0 Å². The zero-order valence-corrected chi connectivity index (χ0v) is 27.6. The second-order valence-electron chi connectivity index (χ2n) is 12.7. The third-order valence-corrected chi connectivity index (χ3v) is 9.40. The van der Waals surface area contributed by atoms with Crippen molar-refractivity contribution in [3.63, 3.8) is 0 Å². The molecule has 6 heterocycles. The lowest BCUT2D eigenvalue weighted by Gasteiger charge is -2.33. The van der Waals surface area contributed by atoms with E-state index in [0.29, 0.717) is 35.5 Å². The van der Waals surface area contributed by atoms with Gasteiger partial charge in [-0.25, -0.2) is 14.5 Å². The van der Waals surface area contributed by atoms with Gasteiger partial charge in [0.05, 0.1) is 55.4 Å². The fraction of sp³-hybridized carbons (Fsp3) is 0.515. The van der Waals surface area contributed by atoms with Gasteiger partial charge in [-0.15, -0.1) is 0 Å². The minimum atomic E-state index is 0.00865. The predicted octanol–water partition coefficient (Wildman–Crippen LogP) is 2.97. The number of piperazine rings is 1. The summed E-state index contributed by atoms with van der Waals surface area (Å²) in [5.41, 5.74) is 2.58. The molecular formula is C33H43N11O4. The van der Waals surface area contributed by atoms with Crippen LogP contribution in [0, 0.1) is 5.21 Å². The highest BCUT2D eigenvalue weighted by molar-refractivity contribution is 5.87. The third-order valence-electron chi connectivity index (χ3n) is 9.40. The summed E-state index contributed by atoms with van der Waals surface area (Å²) in [6.45, 7) is 10.5. The standard InChI is InChI=1S/C33H43N11O4/c1-40-8-10-43(11-9-40)24-18-35-32(36-19-24)38-23-4-6-26(7-5-23)48-31-28-16-27(47-22-25-20-37-33(41(25)2)42(3)45)21-34-29(28)17-30(39-31)44-12-14-46-15-13-44/h16-21,23,26H,3-15,22H2,1-2H3,(H,35,36,38)/t23-,26+. The molecule has 4 aromatic rings. The summed E-state index contributed by atoms with van der Waals surface area (Å²) in [5, 5.41) is 16.0. The molecule has 1 aliphatic carbocycles. The highest BCUT2D eigenvalue weighted by Crippen LogP contribution is 2.33. The molecule has 15 nitrogen and oxygen atoms in total. The van der Waals surface area contributed by atoms with Crippen molar-refractivity contribution < 1.29 is 18.9 Å². The number of aromatic nitrogens is 6. The first-order chi connectivity index (χ1) is 23.4. The first kappa shape index (κ1) is 31.8. The normalized spacial score (nSPS) is 20.5. The summed E-state index contributed by atoms with van der Waals surface area (Å²) in [4.78, 5) is 30.0. The molecule has 0 radical (unpaired) electrons. The minimum Gasteiger partial charge on any atom is -0.741 e. The van der Waals surface area contributed by atoms with E-state index >= 15 is 0 Å². The van der Waals surface area contributed by atoms with Crippen LogP contribution in [0.1, 0.15) is 31.4 Å². The van der Waals surface area contributed by atoms with E-state index in [9.17, 15) is 5.21 Å². The van der Waals surface area contributed by atoms with Gasteiger partial charge in [-0.2, -0.15) is 4.98 Å². The average Bonchev–Trinajstić information content (AvgIpc) is 3.49. The van der Waals surface area contributed by atoms with Crippen LogP contribution in [0.3, 0.4) is 0 Å². The summed E-state index contributed by atoms with van der Waals surface area (Å²) < 4.78 is 20.4. The summed E-state index contributed by atoms with van der Waals surface area (Å²) >= 11 is 0. The molecule has 4 aromatic heterocycles. The number of likely N-dealkylation sites (N-methyl/N-ethyl adjacent to an activating group) is 1. The average molecular weight is 658 g/mol. The molecule has 0 aromatic carbocycles. The maximum atomic E-state index is 11.6. The van der Waals surface area contributed by atoms with Crippen LogP contribution in [0.25, 0.3) is 10.9 Å². The molecule has 7 rings (SSSR count). The Morgan fingerprint density at radius 1 is 0.917 bits per heavy atom. The van der Waals surface area contributed by atoms with Crippen molar-refractivity contribution in [2.75, 3.05) is 74.6 Å². The number of pyridine rings is 2. The third kappa shape index (κ3) is 7.21. The Kier molecular flexibility index (Phi) is 9.38. The molecule has 0 bridgehead atoms. The van der Waals surface area contributed by atoms with Gasteiger partial charge in [0.25, 0.3) is 0 Å². The van der Waals surface area contributed by atoms with Gasteiger partial charge in [0, 0.05) is 58.1 Å². The van der Waals surface area contributed by atoms with Crippen molar-refractivity contribution in [3.05, 3.63) is 47.8 Å². The number of hydrogen-bond acceptors (Lipinski definition) is 13. The van der Waals surface area contributed by atoms with Crippen molar-refractivity contribution in [2.45, 2.75) is 44.4 Å².